The number of anilines is 1. The summed E-state index contributed by atoms with van der Waals surface area (Å²) >= 11 is 5.03. The molecule has 146 valence electrons. The van der Waals surface area contributed by atoms with E-state index in [9.17, 15) is 4.79 Å². The van der Waals surface area contributed by atoms with Crippen molar-refractivity contribution in [3.8, 4) is 5.75 Å². The molecule has 1 heterocycles. The van der Waals surface area contributed by atoms with Crippen LogP contribution in [-0.4, -0.2) is 18.0 Å². The Bertz CT molecular complexity index is 1130. The first-order valence-corrected chi connectivity index (χ1v) is 10.8. The third-order valence-corrected chi connectivity index (χ3v) is 6.10. The molecule has 0 saturated heterocycles. The third kappa shape index (κ3) is 4.66. The van der Waals surface area contributed by atoms with Gasteiger partial charge in [-0.3, -0.25) is 9.69 Å². The van der Waals surface area contributed by atoms with Crippen LogP contribution in [0.15, 0.2) is 77.3 Å². The molecule has 0 spiro atoms. The Balaban J connectivity index is 1.65. The molecule has 0 saturated carbocycles. The van der Waals surface area contributed by atoms with Crippen molar-refractivity contribution in [3.05, 3.63) is 88.4 Å². The summed E-state index contributed by atoms with van der Waals surface area (Å²) in [6.45, 7) is 0.483. The van der Waals surface area contributed by atoms with E-state index in [0.29, 0.717) is 18.1 Å². The van der Waals surface area contributed by atoms with Gasteiger partial charge in [0.25, 0.3) is 0 Å². The Morgan fingerprint density at radius 2 is 1.79 bits per heavy atom. The molecule has 0 aliphatic heterocycles. The van der Waals surface area contributed by atoms with E-state index in [2.05, 4.69) is 15.9 Å². The number of carbonyl (C=O) groups excluding carboxylic acids is 1. The quantitative estimate of drug-likeness (QED) is 0.358. The van der Waals surface area contributed by atoms with Crippen LogP contribution in [0.2, 0.25) is 0 Å². The second-order valence-corrected chi connectivity index (χ2v) is 8.52. The van der Waals surface area contributed by atoms with E-state index in [1.54, 1.807) is 12.0 Å². The van der Waals surface area contributed by atoms with Crippen LogP contribution in [0.4, 0.5) is 5.13 Å². The summed E-state index contributed by atoms with van der Waals surface area (Å²) in [5.41, 5.74) is 2.90. The van der Waals surface area contributed by atoms with Crippen LogP contribution in [-0.2, 0) is 17.8 Å². The molecule has 29 heavy (non-hydrogen) atoms. The molecule has 1 aromatic heterocycles. The van der Waals surface area contributed by atoms with Crippen molar-refractivity contribution in [2.45, 2.75) is 13.0 Å². The molecule has 4 aromatic rings. The fourth-order valence-corrected chi connectivity index (χ4v) is 4.58. The molecule has 0 N–H and O–H groups in total. The number of rotatable bonds is 6. The van der Waals surface area contributed by atoms with Gasteiger partial charge in [-0.15, -0.1) is 0 Å². The lowest BCUT2D eigenvalue weighted by atomic mass is 10.1. The molecule has 1 amide bonds. The second kappa shape index (κ2) is 8.76. The summed E-state index contributed by atoms with van der Waals surface area (Å²) in [4.78, 5) is 19.8. The standard InChI is InChI=1S/C23H19BrN2O2S/c1-28-19-10-7-16(8-11-19)13-22(27)26(15-17-5-3-2-4-6-17)23-25-20-12-9-18(24)14-21(20)29-23/h2-12,14H,13,15H2,1H3. The number of hydrogen-bond acceptors (Lipinski definition) is 4. The minimum Gasteiger partial charge on any atom is -0.497 e. The predicted octanol–water partition coefficient (Wildman–Crippen LogP) is 5.84. The van der Waals surface area contributed by atoms with Gasteiger partial charge >= 0.3 is 0 Å². The number of amides is 1. The lowest BCUT2D eigenvalue weighted by Gasteiger charge is -2.20. The van der Waals surface area contributed by atoms with Gasteiger partial charge in [0, 0.05) is 4.47 Å². The highest BCUT2D eigenvalue weighted by Gasteiger charge is 2.20. The van der Waals surface area contributed by atoms with Crippen molar-refractivity contribution in [1.82, 2.24) is 4.98 Å². The Morgan fingerprint density at radius 3 is 2.52 bits per heavy atom. The highest BCUT2D eigenvalue weighted by Crippen LogP contribution is 2.32. The molecule has 6 heteroatoms. The summed E-state index contributed by atoms with van der Waals surface area (Å²) in [6.07, 6.45) is 0.302. The molecule has 0 unspecified atom stereocenters. The zero-order valence-electron chi connectivity index (χ0n) is 15.8. The van der Waals surface area contributed by atoms with Crippen LogP contribution < -0.4 is 9.64 Å². The molecular weight excluding hydrogens is 448 g/mol. The number of ether oxygens (including phenoxy) is 1. The maximum absolute atomic E-state index is 13.3. The zero-order valence-corrected chi connectivity index (χ0v) is 18.2. The highest BCUT2D eigenvalue weighted by molar-refractivity contribution is 9.10. The Kier molecular flexibility index (Phi) is 5.92. The molecular formula is C23H19BrN2O2S. The molecule has 0 fully saturated rings. The van der Waals surface area contributed by atoms with Crippen molar-refractivity contribution in [1.29, 1.82) is 0 Å². The normalized spacial score (nSPS) is 10.8. The molecule has 0 aliphatic carbocycles. The lowest BCUT2D eigenvalue weighted by Crippen LogP contribution is -2.31. The fourth-order valence-electron chi connectivity index (χ4n) is 3.04. The first-order chi connectivity index (χ1) is 14.1. The van der Waals surface area contributed by atoms with Crippen molar-refractivity contribution in [2.24, 2.45) is 0 Å². The van der Waals surface area contributed by atoms with Gasteiger partial charge in [0.1, 0.15) is 5.75 Å². The van der Waals surface area contributed by atoms with Crippen molar-refractivity contribution in [2.75, 3.05) is 12.0 Å². The van der Waals surface area contributed by atoms with Crippen LogP contribution in [0.5, 0.6) is 5.75 Å². The van der Waals surface area contributed by atoms with Crippen molar-refractivity contribution >= 4 is 48.5 Å². The maximum Gasteiger partial charge on any atom is 0.233 e. The summed E-state index contributed by atoms with van der Waals surface area (Å²) in [5.74, 6) is 0.788. The van der Waals surface area contributed by atoms with E-state index >= 15 is 0 Å². The second-order valence-electron chi connectivity index (χ2n) is 6.60. The first-order valence-electron chi connectivity index (χ1n) is 9.16. The summed E-state index contributed by atoms with van der Waals surface area (Å²) in [6, 6.07) is 23.6. The Morgan fingerprint density at radius 1 is 1.03 bits per heavy atom. The van der Waals surface area contributed by atoms with Gasteiger partial charge in [0.2, 0.25) is 5.91 Å². The number of carbonyl (C=O) groups is 1. The van der Waals surface area contributed by atoms with E-state index in [4.69, 9.17) is 9.72 Å². The lowest BCUT2D eigenvalue weighted by molar-refractivity contribution is -0.118. The fraction of sp³-hybridized carbons (Fsp3) is 0.130. The van der Waals surface area contributed by atoms with Gasteiger partial charge in [0.05, 0.1) is 30.3 Å². The van der Waals surface area contributed by atoms with Crippen LogP contribution in [0.25, 0.3) is 10.2 Å². The average molecular weight is 467 g/mol. The minimum absolute atomic E-state index is 0.0112. The number of halogens is 1. The van der Waals surface area contributed by atoms with Gasteiger partial charge in [-0.1, -0.05) is 69.7 Å². The topological polar surface area (TPSA) is 42.4 Å². The molecule has 0 bridgehead atoms. The molecule has 0 aliphatic rings. The molecule has 0 radical (unpaired) electrons. The predicted molar refractivity (Wildman–Crippen MR) is 122 cm³/mol. The van der Waals surface area contributed by atoms with E-state index in [1.807, 2.05) is 72.8 Å². The molecule has 3 aromatic carbocycles. The minimum atomic E-state index is 0.0112. The number of methoxy groups -OCH3 is 1. The largest absolute Gasteiger partial charge is 0.497 e. The summed E-state index contributed by atoms with van der Waals surface area (Å²) < 4.78 is 7.25. The molecule has 4 rings (SSSR count). The number of nitrogens with zero attached hydrogens (tertiary/aromatic N) is 2. The van der Waals surface area contributed by atoms with Gasteiger partial charge < -0.3 is 4.74 Å². The van der Waals surface area contributed by atoms with E-state index in [-0.39, 0.29) is 5.91 Å². The Hall–Kier alpha value is -2.70. The van der Waals surface area contributed by atoms with Crippen molar-refractivity contribution in [3.63, 3.8) is 0 Å². The van der Waals surface area contributed by atoms with Crippen molar-refractivity contribution < 1.29 is 9.53 Å². The number of thiazole rings is 1. The molecule has 0 atom stereocenters. The van der Waals surface area contributed by atoms with Gasteiger partial charge in [-0.05, 0) is 41.5 Å². The van der Waals surface area contributed by atoms with E-state index < -0.39 is 0 Å². The van der Waals surface area contributed by atoms with Crippen LogP contribution in [0.1, 0.15) is 11.1 Å². The molecule has 4 nitrogen and oxygen atoms in total. The number of aromatic nitrogens is 1. The van der Waals surface area contributed by atoms with Crippen LogP contribution >= 0.6 is 27.3 Å². The smallest absolute Gasteiger partial charge is 0.233 e. The first kappa shape index (κ1) is 19.6. The van der Waals surface area contributed by atoms with E-state index in [1.165, 1.54) is 11.3 Å². The average Bonchev–Trinajstić information content (AvgIpc) is 3.16. The van der Waals surface area contributed by atoms with Crippen LogP contribution in [0.3, 0.4) is 0 Å². The number of hydrogen-bond donors (Lipinski definition) is 0. The Labute approximate surface area is 181 Å². The highest BCUT2D eigenvalue weighted by atomic mass is 79.9. The summed E-state index contributed by atoms with van der Waals surface area (Å²) in [5, 5.41) is 0.709. The summed E-state index contributed by atoms with van der Waals surface area (Å²) in [7, 11) is 1.63. The zero-order chi connectivity index (χ0) is 20.2. The van der Waals surface area contributed by atoms with E-state index in [0.717, 1.165) is 31.6 Å². The SMILES string of the molecule is COc1ccc(CC(=O)N(Cc2ccccc2)c2nc3ccc(Br)cc3s2)cc1. The monoisotopic (exact) mass is 466 g/mol. The maximum atomic E-state index is 13.3. The number of benzene rings is 3. The van der Waals surface area contributed by atoms with Gasteiger partial charge in [0.15, 0.2) is 5.13 Å². The number of fused-ring (bicyclic) bond motifs is 1. The van der Waals surface area contributed by atoms with Gasteiger partial charge in [-0.2, -0.15) is 0 Å². The third-order valence-electron chi connectivity index (χ3n) is 4.57. The van der Waals surface area contributed by atoms with Crippen LogP contribution in [0, 0.1) is 0 Å². The van der Waals surface area contributed by atoms with Gasteiger partial charge in [-0.25, -0.2) is 4.98 Å².